The molecule has 1 unspecified atom stereocenters. The number of ether oxygens (including phenoxy) is 1. The number of methoxy groups -OCH3 is 1. The Morgan fingerprint density at radius 2 is 2.12 bits per heavy atom. The van der Waals surface area contributed by atoms with Crippen LogP contribution in [0.15, 0.2) is 47.6 Å². The van der Waals surface area contributed by atoms with Gasteiger partial charge in [0, 0.05) is 51.7 Å². The van der Waals surface area contributed by atoms with Gasteiger partial charge in [0.1, 0.15) is 0 Å². The molecule has 2 aromatic rings. The Morgan fingerprint density at radius 3 is 2.68 bits per heavy atom. The molecule has 0 radical (unpaired) electrons. The molecule has 0 fully saturated rings. The molecule has 0 aliphatic carbocycles. The zero-order chi connectivity index (χ0) is 17.5. The van der Waals surface area contributed by atoms with Crippen molar-refractivity contribution in [2.24, 2.45) is 12.0 Å². The molecule has 0 saturated carbocycles. The third kappa shape index (κ3) is 6.20. The average molecular weight is 477 g/mol. The second-order valence-corrected chi connectivity index (χ2v) is 6.11. The summed E-state index contributed by atoms with van der Waals surface area (Å²) in [6, 6.07) is 11.9. The Kier molecular flexibility index (Phi) is 9.31. The quantitative estimate of drug-likeness (QED) is 0.393. The van der Waals surface area contributed by atoms with E-state index in [0.29, 0.717) is 11.6 Å². The number of aryl methyl sites for hydroxylation is 1. The Balaban J connectivity index is 0.00000312. The van der Waals surface area contributed by atoms with Crippen LogP contribution >= 0.6 is 35.6 Å². The van der Waals surface area contributed by atoms with Crippen molar-refractivity contribution in [1.29, 1.82) is 0 Å². The number of hydrogen-bond acceptors (Lipinski definition) is 2. The second kappa shape index (κ2) is 10.7. The van der Waals surface area contributed by atoms with E-state index in [2.05, 4.69) is 25.8 Å². The number of hydrogen-bond donors (Lipinski definition) is 1. The average Bonchev–Trinajstić information content (AvgIpc) is 2.96. The van der Waals surface area contributed by atoms with Crippen LogP contribution in [0.25, 0.3) is 0 Å². The van der Waals surface area contributed by atoms with E-state index in [9.17, 15) is 0 Å². The van der Waals surface area contributed by atoms with Gasteiger partial charge >= 0.3 is 0 Å². The van der Waals surface area contributed by atoms with Crippen molar-refractivity contribution >= 4 is 41.5 Å². The second-order valence-electron chi connectivity index (χ2n) is 5.67. The van der Waals surface area contributed by atoms with Crippen LogP contribution in [0.3, 0.4) is 0 Å². The molecular weight excluding hydrogens is 451 g/mol. The molecule has 5 nitrogen and oxygen atoms in total. The molecule has 2 rings (SSSR count). The highest BCUT2D eigenvalue weighted by molar-refractivity contribution is 14.0. The first-order chi connectivity index (χ1) is 11.5. The van der Waals surface area contributed by atoms with Crippen LogP contribution in [0.1, 0.15) is 17.4 Å². The molecule has 0 amide bonds. The Morgan fingerprint density at radius 1 is 1.36 bits per heavy atom. The minimum atomic E-state index is -0.0936. The van der Waals surface area contributed by atoms with Crippen LogP contribution in [-0.2, 0) is 18.3 Å². The number of guanidine groups is 1. The molecule has 0 spiro atoms. The molecule has 1 heterocycles. The van der Waals surface area contributed by atoms with Gasteiger partial charge in [-0.2, -0.15) is 0 Å². The predicted octanol–water partition coefficient (Wildman–Crippen LogP) is 3.69. The summed E-state index contributed by atoms with van der Waals surface area (Å²) in [5, 5.41) is 4.08. The fourth-order valence-electron chi connectivity index (χ4n) is 2.59. The van der Waals surface area contributed by atoms with Gasteiger partial charge in [-0.05, 0) is 29.8 Å². The van der Waals surface area contributed by atoms with E-state index in [0.717, 1.165) is 18.1 Å². The van der Waals surface area contributed by atoms with Gasteiger partial charge in [-0.3, -0.25) is 4.99 Å². The molecule has 1 N–H and O–H groups in total. The molecule has 7 heteroatoms. The molecule has 138 valence electrons. The van der Waals surface area contributed by atoms with Crippen molar-refractivity contribution in [3.8, 4) is 0 Å². The standard InChI is InChI=1S/C18H25ClN4O.HI/c1-20-18(23(3)13-16-9-6-10-22(16)2)21-12-17(24-4)14-7-5-8-15(19)11-14;/h5-11,17H,12-13H2,1-4H3,(H,20,21);1H. The van der Waals surface area contributed by atoms with Crippen LogP contribution in [0.4, 0.5) is 0 Å². The van der Waals surface area contributed by atoms with E-state index in [1.807, 2.05) is 50.6 Å². The number of nitrogens with one attached hydrogen (secondary N) is 1. The zero-order valence-electron chi connectivity index (χ0n) is 15.1. The predicted molar refractivity (Wildman–Crippen MR) is 115 cm³/mol. The van der Waals surface area contributed by atoms with Gasteiger partial charge in [-0.1, -0.05) is 23.7 Å². The van der Waals surface area contributed by atoms with Crippen molar-refractivity contribution in [3.63, 3.8) is 0 Å². The van der Waals surface area contributed by atoms with Crippen LogP contribution in [0.5, 0.6) is 0 Å². The molecule has 0 aliphatic rings. The topological polar surface area (TPSA) is 41.8 Å². The van der Waals surface area contributed by atoms with Crippen molar-refractivity contribution in [3.05, 3.63) is 58.9 Å². The van der Waals surface area contributed by atoms with Gasteiger partial charge in [-0.25, -0.2) is 0 Å². The van der Waals surface area contributed by atoms with E-state index < -0.39 is 0 Å². The van der Waals surface area contributed by atoms with Gasteiger partial charge in [0.05, 0.1) is 12.6 Å². The summed E-state index contributed by atoms with van der Waals surface area (Å²) in [7, 11) is 7.54. The zero-order valence-corrected chi connectivity index (χ0v) is 18.2. The van der Waals surface area contributed by atoms with Gasteiger partial charge in [0.25, 0.3) is 0 Å². The summed E-state index contributed by atoms with van der Waals surface area (Å²) in [6.45, 7) is 1.39. The molecule has 0 bridgehead atoms. The lowest BCUT2D eigenvalue weighted by Crippen LogP contribution is -2.40. The van der Waals surface area contributed by atoms with Crippen molar-refractivity contribution < 1.29 is 4.74 Å². The number of halogens is 2. The third-order valence-electron chi connectivity index (χ3n) is 3.97. The fourth-order valence-corrected chi connectivity index (χ4v) is 2.79. The van der Waals surface area contributed by atoms with Gasteiger partial charge in [0.2, 0.25) is 0 Å². The van der Waals surface area contributed by atoms with E-state index in [-0.39, 0.29) is 30.1 Å². The lowest BCUT2D eigenvalue weighted by molar-refractivity contribution is 0.106. The van der Waals surface area contributed by atoms with Gasteiger partial charge in [-0.15, -0.1) is 24.0 Å². The van der Waals surface area contributed by atoms with Gasteiger partial charge < -0.3 is 19.5 Å². The lowest BCUT2D eigenvalue weighted by Gasteiger charge is -2.24. The van der Waals surface area contributed by atoms with E-state index >= 15 is 0 Å². The smallest absolute Gasteiger partial charge is 0.193 e. The fraction of sp³-hybridized carbons (Fsp3) is 0.389. The van der Waals surface area contributed by atoms with Crippen LogP contribution in [0.2, 0.25) is 5.02 Å². The van der Waals surface area contributed by atoms with Crippen LogP contribution in [-0.4, -0.2) is 43.2 Å². The summed E-state index contributed by atoms with van der Waals surface area (Å²) in [6.07, 6.45) is 1.95. The Bertz CT molecular complexity index is 689. The minimum Gasteiger partial charge on any atom is -0.375 e. The first-order valence-corrected chi connectivity index (χ1v) is 8.23. The highest BCUT2D eigenvalue weighted by Crippen LogP contribution is 2.19. The van der Waals surface area contributed by atoms with Crippen molar-refractivity contribution in [2.45, 2.75) is 12.6 Å². The van der Waals surface area contributed by atoms with E-state index in [4.69, 9.17) is 16.3 Å². The van der Waals surface area contributed by atoms with E-state index in [1.54, 1.807) is 14.2 Å². The molecule has 1 aromatic carbocycles. The molecule has 1 aromatic heterocycles. The number of aliphatic imine (C=N–C) groups is 1. The summed E-state index contributed by atoms with van der Waals surface area (Å²) in [4.78, 5) is 6.44. The maximum atomic E-state index is 6.07. The molecule has 1 atom stereocenters. The SMILES string of the molecule is CN=C(NCC(OC)c1cccc(Cl)c1)N(C)Cc1cccn1C.I. The first-order valence-electron chi connectivity index (χ1n) is 7.85. The Hall–Kier alpha value is -1.25. The number of benzene rings is 1. The minimum absolute atomic E-state index is 0. The van der Waals surface area contributed by atoms with Gasteiger partial charge in [0.15, 0.2) is 5.96 Å². The van der Waals surface area contributed by atoms with Crippen molar-refractivity contribution in [2.75, 3.05) is 27.7 Å². The highest BCUT2D eigenvalue weighted by Gasteiger charge is 2.14. The third-order valence-corrected chi connectivity index (χ3v) is 4.21. The van der Waals surface area contributed by atoms with Crippen molar-refractivity contribution in [1.82, 2.24) is 14.8 Å². The van der Waals surface area contributed by atoms with Crippen LogP contribution in [0, 0.1) is 0 Å². The largest absolute Gasteiger partial charge is 0.375 e. The van der Waals surface area contributed by atoms with Crippen LogP contribution < -0.4 is 5.32 Å². The lowest BCUT2D eigenvalue weighted by atomic mass is 10.1. The molecule has 0 aliphatic heterocycles. The number of rotatable bonds is 6. The maximum absolute atomic E-state index is 6.07. The highest BCUT2D eigenvalue weighted by atomic mass is 127. The monoisotopic (exact) mass is 476 g/mol. The first kappa shape index (κ1) is 21.8. The summed E-state index contributed by atoms with van der Waals surface area (Å²) < 4.78 is 7.70. The number of nitrogens with zero attached hydrogens (tertiary/aromatic N) is 3. The molecular formula is C18H26ClIN4O. The molecule has 25 heavy (non-hydrogen) atoms. The summed E-state index contributed by atoms with van der Waals surface area (Å²) in [5.41, 5.74) is 2.26. The summed E-state index contributed by atoms with van der Waals surface area (Å²) in [5.74, 6) is 0.820. The summed E-state index contributed by atoms with van der Waals surface area (Å²) >= 11 is 6.07. The molecule has 0 saturated heterocycles. The van der Waals surface area contributed by atoms with E-state index in [1.165, 1.54) is 5.69 Å². The number of aromatic nitrogens is 1. The Labute approximate surface area is 172 Å². The normalized spacial score (nSPS) is 12.4. The maximum Gasteiger partial charge on any atom is 0.193 e.